The first kappa shape index (κ1) is 40.6. The molecule has 0 aliphatic rings. The lowest BCUT2D eigenvalue weighted by atomic mass is 10.0. The van der Waals surface area contributed by atoms with Gasteiger partial charge >= 0.3 is 12.0 Å². The fourth-order valence-corrected chi connectivity index (χ4v) is 6.03. The van der Waals surface area contributed by atoms with E-state index in [1.165, 1.54) is 199 Å². The van der Waals surface area contributed by atoms with Gasteiger partial charge in [0, 0.05) is 0 Å². The summed E-state index contributed by atoms with van der Waals surface area (Å²) in [6.07, 6.45) is 45.5. The number of ether oxygens (including phenoxy) is 2. The maximum absolute atomic E-state index is 5.76. The maximum Gasteiger partial charge on any atom is 0.322 e. The van der Waals surface area contributed by atoms with E-state index in [1.54, 1.807) is 0 Å². The van der Waals surface area contributed by atoms with Crippen LogP contribution in [-0.2, 0) is 0 Å². The molecule has 0 aromatic carbocycles. The van der Waals surface area contributed by atoms with Crippen molar-refractivity contribution in [1.29, 1.82) is 0 Å². The summed E-state index contributed by atoms with van der Waals surface area (Å²) < 4.78 is 11.5. The Morgan fingerprint density at radius 1 is 0.341 bits per heavy atom. The third-order valence-corrected chi connectivity index (χ3v) is 8.99. The molecule has 0 spiro atoms. The summed E-state index contributed by atoms with van der Waals surface area (Å²) in [6, 6.07) is 0.783. The molecule has 0 amide bonds. The molecule has 0 N–H and O–H groups in total. The van der Waals surface area contributed by atoms with Gasteiger partial charge in [0.15, 0.2) is 0 Å². The Hall–Kier alpha value is -1.39. The molecule has 0 aliphatic carbocycles. The summed E-state index contributed by atoms with van der Waals surface area (Å²) in [5, 5.41) is 0. The van der Waals surface area contributed by atoms with E-state index in [9.17, 15) is 0 Å². The second-order valence-electron chi connectivity index (χ2n) is 13.4. The number of aromatic nitrogens is 3. The van der Waals surface area contributed by atoms with Gasteiger partial charge in [0.05, 0.1) is 13.2 Å². The van der Waals surface area contributed by atoms with Crippen LogP contribution in [0.1, 0.15) is 219 Å². The average molecular weight is 618 g/mol. The monoisotopic (exact) mass is 618 g/mol. The van der Waals surface area contributed by atoms with Crippen molar-refractivity contribution in [1.82, 2.24) is 15.0 Å². The van der Waals surface area contributed by atoms with Gasteiger partial charge in [-0.15, -0.1) is 4.98 Å². The van der Waals surface area contributed by atoms with Gasteiger partial charge in [-0.2, -0.15) is 9.97 Å². The van der Waals surface area contributed by atoms with Gasteiger partial charge in [-0.05, 0) is 12.8 Å². The summed E-state index contributed by atoms with van der Waals surface area (Å²) in [5.41, 5.74) is 0. The fourth-order valence-electron chi connectivity index (χ4n) is 6.03. The molecular formula is C39H75N3O2. The lowest BCUT2D eigenvalue weighted by Crippen LogP contribution is -2.05. The molecule has 0 atom stereocenters. The molecule has 0 saturated carbocycles. The topological polar surface area (TPSA) is 57.1 Å². The summed E-state index contributed by atoms with van der Waals surface area (Å²) in [6.45, 7) is 5.92. The Bertz CT molecular complexity index is 634. The lowest BCUT2D eigenvalue weighted by Gasteiger charge is -2.07. The van der Waals surface area contributed by atoms with Gasteiger partial charge in [-0.1, -0.05) is 206 Å². The first-order chi connectivity index (χ1) is 21.9. The van der Waals surface area contributed by atoms with E-state index in [0.29, 0.717) is 25.2 Å². The van der Waals surface area contributed by atoms with Crippen LogP contribution in [-0.4, -0.2) is 28.2 Å². The summed E-state index contributed by atoms with van der Waals surface area (Å²) in [4.78, 5) is 12.6. The van der Waals surface area contributed by atoms with Gasteiger partial charge in [0.1, 0.15) is 6.33 Å². The molecule has 0 fully saturated rings. The molecule has 0 aliphatic heterocycles. The molecule has 0 bridgehead atoms. The smallest absolute Gasteiger partial charge is 0.322 e. The molecule has 1 heterocycles. The van der Waals surface area contributed by atoms with Crippen LogP contribution in [0.3, 0.4) is 0 Å². The van der Waals surface area contributed by atoms with Gasteiger partial charge in [0.25, 0.3) is 0 Å². The molecule has 0 saturated heterocycles. The predicted octanol–water partition coefficient (Wildman–Crippen LogP) is 13.2. The van der Waals surface area contributed by atoms with Crippen molar-refractivity contribution in [2.45, 2.75) is 219 Å². The second-order valence-corrected chi connectivity index (χ2v) is 13.4. The van der Waals surface area contributed by atoms with Gasteiger partial charge < -0.3 is 9.47 Å². The fraction of sp³-hybridized carbons (Fsp3) is 0.923. The lowest BCUT2D eigenvalue weighted by molar-refractivity contribution is 0.252. The molecule has 0 radical (unpaired) electrons. The van der Waals surface area contributed by atoms with Crippen molar-refractivity contribution in [3.8, 4) is 12.0 Å². The van der Waals surface area contributed by atoms with Crippen molar-refractivity contribution in [3.05, 3.63) is 6.33 Å². The van der Waals surface area contributed by atoms with E-state index in [0.717, 1.165) is 12.8 Å². The average Bonchev–Trinajstić information content (AvgIpc) is 3.04. The first-order valence-corrected chi connectivity index (χ1v) is 19.8. The third-order valence-electron chi connectivity index (χ3n) is 8.99. The van der Waals surface area contributed by atoms with Crippen LogP contribution in [0, 0.1) is 0 Å². The summed E-state index contributed by atoms with van der Waals surface area (Å²) in [7, 11) is 0. The van der Waals surface area contributed by atoms with Crippen molar-refractivity contribution in [2.24, 2.45) is 0 Å². The van der Waals surface area contributed by atoms with Crippen molar-refractivity contribution in [2.75, 3.05) is 13.2 Å². The number of rotatable bonds is 36. The van der Waals surface area contributed by atoms with Crippen LogP contribution in [0.25, 0.3) is 0 Å². The van der Waals surface area contributed by atoms with Crippen LogP contribution in [0.4, 0.5) is 0 Å². The van der Waals surface area contributed by atoms with E-state index < -0.39 is 0 Å². The summed E-state index contributed by atoms with van der Waals surface area (Å²) in [5.74, 6) is 0. The molecule has 1 rings (SSSR count). The molecule has 0 unspecified atom stereocenters. The van der Waals surface area contributed by atoms with Crippen molar-refractivity contribution >= 4 is 0 Å². The molecule has 5 heteroatoms. The molecule has 44 heavy (non-hydrogen) atoms. The van der Waals surface area contributed by atoms with Crippen LogP contribution < -0.4 is 9.47 Å². The highest BCUT2D eigenvalue weighted by molar-refractivity contribution is 4.99. The number of nitrogens with zero attached hydrogens (tertiary/aromatic N) is 3. The predicted molar refractivity (Wildman–Crippen MR) is 190 cm³/mol. The van der Waals surface area contributed by atoms with Gasteiger partial charge in [0.2, 0.25) is 0 Å². The molecular weight excluding hydrogens is 542 g/mol. The quantitative estimate of drug-likeness (QED) is 0.0701. The van der Waals surface area contributed by atoms with E-state index in [1.807, 2.05) is 0 Å². The highest BCUT2D eigenvalue weighted by atomic mass is 16.5. The number of hydrogen-bond acceptors (Lipinski definition) is 5. The SMILES string of the molecule is CCCCCCCCCCCCCCCCCCOc1ncnc(OCCCCCCCCCCCCCCCCCC)n1. The Morgan fingerprint density at radius 3 is 0.818 bits per heavy atom. The number of unbranched alkanes of at least 4 members (excludes halogenated alkanes) is 30. The highest BCUT2D eigenvalue weighted by Crippen LogP contribution is 2.16. The van der Waals surface area contributed by atoms with E-state index in [-0.39, 0.29) is 0 Å². The zero-order valence-corrected chi connectivity index (χ0v) is 29.8. The first-order valence-electron chi connectivity index (χ1n) is 19.8. The number of hydrogen-bond donors (Lipinski definition) is 0. The minimum atomic E-state index is 0.392. The Kier molecular flexibility index (Phi) is 31.8. The second kappa shape index (κ2) is 34.5. The van der Waals surface area contributed by atoms with Crippen molar-refractivity contribution in [3.63, 3.8) is 0 Å². The Morgan fingerprint density at radius 2 is 0.568 bits per heavy atom. The standard InChI is InChI=1S/C39H75N3O2/c1-3-5-7-9-11-13-15-17-19-21-23-25-27-29-31-33-35-43-38-40-37-41-39(42-38)44-36-34-32-30-28-26-24-22-20-18-16-14-12-10-8-6-4-2/h37H,3-36H2,1-2H3. The zero-order chi connectivity index (χ0) is 31.4. The highest BCUT2D eigenvalue weighted by Gasteiger charge is 2.04. The largest absolute Gasteiger partial charge is 0.463 e. The minimum absolute atomic E-state index is 0.392. The van der Waals surface area contributed by atoms with Gasteiger partial charge in [-0.25, -0.2) is 0 Å². The molecule has 1 aromatic heterocycles. The van der Waals surface area contributed by atoms with Crippen LogP contribution in [0.15, 0.2) is 6.33 Å². The Labute approximate surface area is 274 Å². The zero-order valence-electron chi connectivity index (χ0n) is 29.8. The maximum atomic E-state index is 5.76. The third kappa shape index (κ3) is 29.3. The van der Waals surface area contributed by atoms with Crippen LogP contribution >= 0.6 is 0 Å². The summed E-state index contributed by atoms with van der Waals surface area (Å²) >= 11 is 0. The van der Waals surface area contributed by atoms with E-state index in [2.05, 4.69) is 28.8 Å². The van der Waals surface area contributed by atoms with E-state index in [4.69, 9.17) is 9.47 Å². The van der Waals surface area contributed by atoms with Crippen molar-refractivity contribution < 1.29 is 9.47 Å². The van der Waals surface area contributed by atoms with Crippen LogP contribution in [0.5, 0.6) is 12.0 Å². The molecule has 5 nitrogen and oxygen atoms in total. The van der Waals surface area contributed by atoms with Crippen LogP contribution in [0.2, 0.25) is 0 Å². The Balaban J connectivity index is 1.83. The minimum Gasteiger partial charge on any atom is -0.463 e. The van der Waals surface area contributed by atoms with Gasteiger partial charge in [-0.3, -0.25) is 0 Å². The molecule has 258 valence electrons. The molecule has 1 aromatic rings. The van der Waals surface area contributed by atoms with E-state index >= 15 is 0 Å². The normalized spacial score (nSPS) is 11.3.